The number of hydrogen-bond acceptors (Lipinski definition) is 2. The molecule has 2 nitrogen and oxygen atoms in total. The summed E-state index contributed by atoms with van der Waals surface area (Å²) in [5, 5.41) is 0. The summed E-state index contributed by atoms with van der Waals surface area (Å²) >= 11 is 0. The van der Waals surface area contributed by atoms with Crippen molar-refractivity contribution in [2.45, 2.75) is 26.9 Å². The number of nitrogens with zero attached hydrogens (tertiary/aromatic N) is 1. The maximum atomic E-state index is 5.62. The number of nitrogens with two attached hydrogens (primary N) is 1. The zero-order valence-electron chi connectivity index (χ0n) is 7.39. The summed E-state index contributed by atoms with van der Waals surface area (Å²) in [6.07, 6.45) is 2.25. The van der Waals surface area contributed by atoms with Gasteiger partial charge in [-0.25, -0.2) is 0 Å². The quantitative estimate of drug-likeness (QED) is 0.515. The van der Waals surface area contributed by atoms with Crippen LogP contribution in [0.2, 0.25) is 0 Å². The molecule has 2 N–H and O–H groups in total. The minimum atomic E-state index is 0.162. The molecule has 0 bridgehead atoms. The molecule has 1 aliphatic rings. The fraction of sp³-hybridized carbons (Fsp3) is 0.750. The first-order valence-corrected chi connectivity index (χ1v) is 3.83. The number of rotatable bonds is 0. The average molecular weight is 142 g/mol. The van der Waals surface area contributed by atoms with E-state index >= 15 is 0 Å². The molecule has 1 unspecified atom stereocenters. The minimum Gasteiger partial charge on any atom is -0.312 e. The van der Waals surface area contributed by atoms with Gasteiger partial charge in [-0.3, -0.25) is 4.90 Å². The predicted molar refractivity (Wildman–Crippen MR) is 45.7 cm³/mol. The van der Waals surface area contributed by atoms with Gasteiger partial charge in [-0.15, -0.1) is 0 Å². The predicted octanol–water partition coefficient (Wildman–Crippen LogP) is 1.19. The van der Waals surface area contributed by atoms with Crippen molar-refractivity contribution < 1.29 is 0 Å². The fourth-order valence-corrected chi connectivity index (χ4v) is 0.970. The molecule has 0 aromatic rings. The van der Waals surface area contributed by atoms with E-state index < -0.39 is 0 Å². The SMILES string of the molecule is CC.CC1=CC(N)N(C)C1. The second kappa shape index (κ2) is 4.47. The molecule has 0 aromatic heterocycles. The number of likely N-dealkylation sites (N-methyl/N-ethyl adjacent to an activating group) is 1. The van der Waals surface area contributed by atoms with E-state index in [1.54, 1.807) is 0 Å². The summed E-state index contributed by atoms with van der Waals surface area (Å²) in [4.78, 5) is 2.11. The van der Waals surface area contributed by atoms with E-state index in [0.717, 1.165) is 6.54 Å². The molecular weight excluding hydrogens is 124 g/mol. The van der Waals surface area contributed by atoms with Crippen LogP contribution >= 0.6 is 0 Å². The van der Waals surface area contributed by atoms with E-state index in [1.165, 1.54) is 5.57 Å². The highest BCUT2D eigenvalue weighted by Gasteiger charge is 2.13. The lowest BCUT2D eigenvalue weighted by molar-refractivity contribution is 0.337. The molecule has 1 atom stereocenters. The Morgan fingerprint density at radius 2 is 2.10 bits per heavy atom. The Hall–Kier alpha value is -0.340. The lowest BCUT2D eigenvalue weighted by atomic mass is 10.3. The van der Waals surface area contributed by atoms with E-state index in [0.29, 0.717) is 0 Å². The standard InChI is InChI=1S/C6H12N2.C2H6/c1-5-3-6(7)8(2)4-5;1-2/h3,6H,4,7H2,1-2H3;1-2H3. The zero-order chi connectivity index (χ0) is 8.15. The highest BCUT2D eigenvalue weighted by molar-refractivity contribution is 5.11. The van der Waals surface area contributed by atoms with Crippen LogP contribution in [0.25, 0.3) is 0 Å². The first kappa shape index (κ1) is 9.66. The topological polar surface area (TPSA) is 29.3 Å². The summed E-state index contributed by atoms with van der Waals surface area (Å²) in [5.41, 5.74) is 6.99. The molecule has 0 radical (unpaired) electrons. The van der Waals surface area contributed by atoms with Crippen LogP contribution in [0.15, 0.2) is 11.6 Å². The van der Waals surface area contributed by atoms with Gasteiger partial charge in [-0.2, -0.15) is 0 Å². The first-order valence-electron chi connectivity index (χ1n) is 3.83. The Morgan fingerprint density at radius 1 is 1.60 bits per heavy atom. The van der Waals surface area contributed by atoms with Gasteiger partial charge in [-0.1, -0.05) is 25.5 Å². The van der Waals surface area contributed by atoms with Gasteiger partial charge < -0.3 is 5.73 Å². The monoisotopic (exact) mass is 142 g/mol. The van der Waals surface area contributed by atoms with E-state index in [9.17, 15) is 0 Å². The largest absolute Gasteiger partial charge is 0.312 e. The van der Waals surface area contributed by atoms with Crippen LogP contribution in [-0.2, 0) is 0 Å². The van der Waals surface area contributed by atoms with Crippen molar-refractivity contribution in [1.82, 2.24) is 4.90 Å². The van der Waals surface area contributed by atoms with Gasteiger partial charge in [0.2, 0.25) is 0 Å². The van der Waals surface area contributed by atoms with Gasteiger partial charge in [0.25, 0.3) is 0 Å². The van der Waals surface area contributed by atoms with E-state index in [-0.39, 0.29) is 6.17 Å². The number of hydrogen-bond donors (Lipinski definition) is 1. The van der Waals surface area contributed by atoms with Gasteiger partial charge in [0.05, 0.1) is 6.17 Å². The molecule has 0 fully saturated rings. The fourth-order valence-electron chi connectivity index (χ4n) is 0.970. The van der Waals surface area contributed by atoms with Gasteiger partial charge in [0.15, 0.2) is 0 Å². The van der Waals surface area contributed by atoms with Gasteiger partial charge in [-0.05, 0) is 14.0 Å². The maximum absolute atomic E-state index is 5.62. The van der Waals surface area contributed by atoms with Crippen molar-refractivity contribution >= 4 is 0 Å². The van der Waals surface area contributed by atoms with Crippen LogP contribution in [0.1, 0.15) is 20.8 Å². The Labute approximate surface area is 63.7 Å². The van der Waals surface area contributed by atoms with Crippen molar-refractivity contribution in [3.63, 3.8) is 0 Å². The zero-order valence-corrected chi connectivity index (χ0v) is 7.39. The normalized spacial score (nSPS) is 25.3. The van der Waals surface area contributed by atoms with E-state index in [1.807, 2.05) is 20.9 Å². The second-order valence-electron chi connectivity index (χ2n) is 2.42. The summed E-state index contributed by atoms with van der Waals surface area (Å²) in [5.74, 6) is 0. The lowest BCUT2D eigenvalue weighted by Gasteiger charge is -2.12. The smallest absolute Gasteiger partial charge is 0.0767 e. The van der Waals surface area contributed by atoms with Crippen LogP contribution in [0, 0.1) is 0 Å². The van der Waals surface area contributed by atoms with Crippen LogP contribution < -0.4 is 5.73 Å². The third-order valence-corrected chi connectivity index (χ3v) is 1.46. The highest BCUT2D eigenvalue weighted by Crippen LogP contribution is 2.07. The molecular formula is C8H18N2. The molecule has 0 amide bonds. The molecule has 0 spiro atoms. The third-order valence-electron chi connectivity index (χ3n) is 1.46. The Balaban J connectivity index is 0.000000371. The van der Waals surface area contributed by atoms with Crippen LogP contribution in [0.5, 0.6) is 0 Å². The van der Waals surface area contributed by atoms with Crippen LogP contribution in [0.3, 0.4) is 0 Å². The molecule has 0 aromatic carbocycles. The van der Waals surface area contributed by atoms with Crippen molar-refractivity contribution in [3.8, 4) is 0 Å². The second-order valence-corrected chi connectivity index (χ2v) is 2.42. The van der Waals surface area contributed by atoms with Gasteiger partial charge in [0.1, 0.15) is 0 Å². The molecule has 2 heteroatoms. The third kappa shape index (κ3) is 2.50. The van der Waals surface area contributed by atoms with Crippen molar-refractivity contribution in [2.75, 3.05) is 13.6 Å². The molecule has 60 valence electrons. The molecule has 0 aliphatic carbocycles. The highest BCUT2D eigenvalue weighted by atomic mass is 15.2. The summed E-state index contributed by atoms with van der Waals surface area (Å²) in [6.45, 7) is 7.13. The summed E-state index contributed by atoms with van der Waals surface area (Å²) in [7, 11) is 2.03. The summed E-state index contributed by atoms with van der Waals surface area (Å²) in [6, 6.07) is 0. The molecule has 1 heterocycles. The Bertz CT molecular complexity index is 118. The van der Waals surface area contributed by atoms with Crippen molar-refractivity contribution in [1.29, 1.82) is 0 Å². The van der Waals surface area contributed by atoms with Crippen LogP contribution in [0.4, 0.5) is 0 Å². The average Bonchev–Trinajstić information content (AvgIpc) is 2.16. The van der Waals surface area contributed by atoms with Crippen molar-refractivity contribution in [2.24, 2.45) is 5.73 Å². The molecule has 0 saturated heterocycles. The van der Waals surface area contributed by atoms with E-state index in [2.05, 4.69) is 17.9 Å². The molecule has 0 saturated carbocycles. The summed E-state index contributed by atoms with van der Waals surface area (Å²) < 4.78 is 0. The van der Waals surface area contributed by atoms with Gasteiger partial charge in [0, 0.05) is 6.54 Å². The Kier molecular flexibility index (Phi) is 4.32. The molecule has 1 rings (SSSR count). The van der Waals surface area contributed by atoms with Crippen LogP contribution in [-0.4, -0.2) is 24.7 Å². The van der Waals surface area contributed by atoms with Gasteiger partial charge >= 0.3 is 0 Å². The molecule has 1 aliphatic heterocycles. The van der Waals surface area contributed by atoms with E-state index in [4.69, 9.17) is 5.73 Å². The Morgan fingerprint density at radius 3 is 2.20 bits per heavy atom. The maximum Gasteiger partial charge on any atom is 0.0767 e. The first-order chi connectivity index (χ1) is 4.70. The lowest BCUT2D eigenvalue weighted by Crippen LogP contribution is -2.33. The van der Waals surface area contributed by atoms with Crippen molar-refractivity contribution in [3.05, 3.63) is 11.6 Å². The molecule has 10 heavy (non-hydrogen) atoms. The minimum absolute atomic E-state index is 0.162.